The molecule has 0 radical (unpaired) electrons. The van der Waals surface area contributed by atoms with Crippen LogP contribution in [-0.4, -0.2) is 13.7 Å². The second-order valence-electron chi connectivity index (χ2n) is 4.55. The third kappa shape index (κ3) is 3.89. The SMILES string of the molecule is CCCNC(c1cc(F)ccc1OC)c1cc(Cl)sc1Cl. The molecule has 0 aliphatic carbocycles. The van der Waals surface area contributed by atoms with Crippen LogP contribution in [0.25, 0.3) is 0 Å². The van der Waals surface area contributed by atoms with E-state index < -0.39 is 0 Å². The van der Waals surface area contributed by atoms with Gasteiger partial charge in [-0.1, -0.05) is 30.1 Å². The summed E-state index contributed by atoms with van der Waals surface area (Å²) in [5.41, 5.74) is 1.55. The summed E-state index contributed by atoms with van der Waals surface area (Å²) in [5, 5.41) is 3.38. The summed E-state index contributed by atoms with van der Waals surface area (Å²) >= 11 is 13.6. The molecule has 0 bridgehead atoms. The first kappa shape index (κ1) is 16.6. The van der Waals surface area contributed by atoms with Crippen molar-refractivity contribution in [3.63, 3.8) is 0 Å². The minimum absolute atomic E-state index is 0.258. The van der Waals surface area contributed by atoms with Gasteiger partial charge in [-0.05, 0) is 37.2 Å². The van der Waals surface area contributed by atoms with Crippen LogP contribution in [0.5, 0.6) is 5.75 Å². The van der Waals surface area contributed by atoms with Crippen LogP contribution in [0.1, 0.15) is 30.5 Å². The highest BCUT2D eigenvalue weighted by Gasteiger charge is 2.22. The van der Waals surface area contributed by atoms with Gasteiger partial charge in [0.25, 0.3) is 0 Å². The van der Waals surface area contributed by atoms with Gasteiger partial charge in [0.15, 0.2) is 0 Å². The Morgan fingerprint density at radius 2 is 2.05 bits per heavy atom. The number of hydrogen-bond acceptors (Lipinski definition) is 3. The fourth-order valence-corrected chi connectivity index (χ4v) is 3.69. The molecule has 0 fully saturated rings. The van der Waals surface area contributed by atoms with Crippen molar-refractivity contribution in [2.24, 2.45) is 0 Å². The first-order chi connectivity index (χ1) is 10.1. The molecule has 0 spiro atoms. The smallest absolute Gasteiger partial charge is 0.124 e. The maximum Gasteiger partial charge on any atom is 0.124 e. The van der Waals surface area contributed by atoms with E-state index in [4.69, 9.17) is 27.9 Å². The Labute approximate surface area is 137 Å². The molecule has 0 aliphatic rings. The Bertz CT molecular complexity index is 618. The number of methoxy groups -OCH3 is 1. The first-order valence-electron chi connectivity index (χ1n) is 6.58. The van der Waals surface area contributed by atoms with Crippen molar-refractivity contribution in [3.05, 3.63) is 49.9 Å². The van der Waals surface area contributed by atoms with Crippen LogP contribution in [0.4, 0.5) is 4.39 Å². The zero-order valence-electron chi connectivity index (χ0n) is 11.8. The van der Waals surface area contributed by atoms with Crippen molar-refractivity contribution < 1.29 is 9.13 Å². The summed E-state index contributed by atoms with van der Waals surface area (Å²) in [6.07, 6.45) is 0.948. The number of nitrogens with one attached hydrogen (secondary N) is 1. The number of halogens is 3. The fourth-order valence-electron chi connectivity index (χ4n) is 2.16. The Morgan fingerprint density at radius 1 is 1.29 bits per heavy atom. The molecule has 0 saturated heterocycles. The molecule has 1 unspecified atom stereocenters. The van der Waals surface area contributed by atoms with Gasteiger partial charge >= 0.3 is 0 Å². The van der Waals surface area contributed by atoms with E-state index in [-0.39, 0.29) is 11.9 Å². The lowest BCUT2D eigenvalue weighted by Crippen LogP contribution is -2.23. The van der Waals surface area contributed by atoms with Gasteiger partial charge in [-0.2, -0.15) is 0 Å². The molecule has 114 valence electrons. The monoisotopic (exact) mass is 347 g/mol. The number of benzene rings is 1. The van der Waals surface area contributed by atoms with Gasteiger partial charge in [-0.3, -0.25) is 0 Å². The molecular weight excluding hydrogens is 332 g/mol. The average molecular weight is 348 g/mol. The molecule has 0 aliphatic heterocycles. The van der Waals surface area contributed by atoms with Crippen LogP contribution in [0.15, 0.2) is 24.3 Å². The molecule has 21 heavy (non-hydrogen) atoms. The second-order valence-corrected chi connectivity index (χ2v) is 6.84. The largest absolute Gasteiger partial charge is 0.496 e. The molecule has 0 saturated carbocycles. The highest BCUT2D eigenvalue weighted by molar-refractivity contribution is 7.20. The Morgan fingerprint density at radius 3 is 2.62 bits per heavy atom. The van der Waals surface area contributed by atoms with E-state index >= 15 is 0 Å². The predicted octanol–water partition coefficient (Wildman–Crippen LogP) is 5.29. The number of ether oxygens (including phenoxy) is 1. The zero-order chi connectivity index (χ0) is 15.4. The third-order valence-electron chi connectivity index (χ3n) is 3.10. The molecular formula is C15H16Cl2FNOS. The molecule has 1 N–H and O–H groups in total. The summed E-state index contributed by atoms with van der Waals surface area (Å²) in [6, 6.07) is 6.02. The van der Waals surface area contributed by atoms with Crippen LogP contribution in [0, 0.1) is 5.82 Å². The van der Waals surface area contributed by atoms with Crippen molar-refractivity contribution in [1.82, 2.24) is 5.32 Å². The van der Waals surface area contributed by atoms with Crippen molar-refractivity contribution in [2.75, 3.05) is 13.7 Å². The van der Waals surface area contributed by atoms with E-state index in [0.717, 1.165) is 18.5 Å². The van der Waals surface area contributed by atoms with Crippen molar-refractivity contribution >= 4 is 34.5 Å². The summed E-state index contributed by atoms with van der Waals surface area (Å²) < 4.78 is 20.2. The minimum Gasteiger partial charge on any atom is -0.496 e. The summed E-state index contributed by atoms with van der Waals surface area (Å²) in [5.74, 6) is 0.301. The van der Waals surface area contributed by atoms with Crippen molar-refractivity contribution in [3.8, 4) is 5.75 Å². The lowest BCUT2D eigenvalue weighted by Gasteiger charge is -2.21. The summed E-state index contributed by atoms with van der Waals surface area (Å²) in [7, 11) is 1.57. The van der Waals surface area contributed by atoms with Crippen LogP contribution in [0.3, 0.4) is 0 Å². The molecule has 0 amide bonds. The van der Waals surface area contributed by atoms with Gasteiger partial charge < -0.3 is 10.1 Å². The van der Waals surface area contributed by atoms with E-state index in [9.17, 15) is 4.39 Å². The van der Waals surface area contributed by atoms with Crippen molar-refractivity contribution in [2.45, 2.75) is 19.4 Å². The Hall–Kier alpha value is -0.810. The van der Waals surface area contributed by atoms with E-state index in [0.29, 0.717) is 20.0 Å². The second kappa shape index (κ2) is 7.45. The van der Waals surface area contributed by atoms with Gasteiger partial charge in [0.05, 0.1) is 21.8 Å². The lowest BCUT2D eigenvalue weighted by molar-refractivity contribution is 0.402. The molecule has 2 aromatic rings. The van der Waals surface area contributed by atoms with E-state index in [1.807, 2.05) is 6.07 Å². The van der Waals surface area contributed by atoms with Crippen LogP contribution in [-0.2, 0) is 0 Å². The third-order valence-corrected chi connectivity index (χ3v) is 4.61. The fraction of sp³-hybridized carbons (Fsp3) is 0.333. The number of rotatable bonds is 6. The molecule has 6 heteroatoms. The number of thiophene rings is 1. The van der Waals surface area contributed by atoms with E-state index in [1.54, 1.807) is 13.2 Å². The zero-order valence-corrected chi connectivity index (χ0v) is 14.1. The number of hydrogen-bond donors (Lipinski definition) is 1. The lowest BCUT2D eigenvalue weighted by atomic mass is 9.99. The van der Waals surface area contributed by atoms with Crippen LogP contribution >= 0.6 is 34.5 Å². The van der Waals surface area contributed by atoms with Crippen molar-refractivity contribution in [1.29, 1.82) is 0 Å². The summed E-state index contributed by atoms with van der Waals surface area (Å²) in [6.45, 7) is 2.84. The standard InChI is InChI=1S/C15H16Cl2FNOS/c1-3-6-19-14(11-8-13(16)21-15(11)17)10-7-9(18)4-5-12(10)20-2/h4-5,7-8,14,19H,3,6H2,1-2H3. The maximum absolute atomic E-state index is 13.6. The Kier molecular flexibility index (Phi) is 5.88. The highest BCUT2D eigenvalue weighted by atomic mass is 35.5. The van der Waals surface area contributed by atoms with E-state index in [2.05, 4.69) is 12.2 Å². The molecule has 1 heterocycles. The first-order valence-corrected chi connectivity index (χ1v) is 8.15. The van der Waals surface area contributed by atoms with Gasteiger partial charge in [0.1, 0.15) is 11.6 Å². The predicted molar refractivity (Wildman–Crippen MR) is 87.4 cm³/mol. The molecule has 1 aromatic heterocycles. The Balaban J connectivity index is 2.50. The van der Waals surface area contributed by atoms with E-state index in [1.165, 1.54) is 23.5 Å². The highest BCUT2D eigenvalue weighted by Crippen LogP contribution is 2.40. The van der Waals surface area contributed by atoms with Crippen LogP contribution < -0.4 is 10.1 Å². The van der Waals surface area contributed by atoms with Crippen LogP contribution in [0.2, 0.25) is 8.67 Å². The minimum atomic E-state index is -0.313. The quantitative estimate of drug-likeness (QED) is 0.766. The van der Waals surface area contributed by atoms with Gasteiger partial charge in [0.2, 0.25) is 0 Å². The average Bonchev–Trinajstić information content (AvgIpc) is 2.78. The molecule has 1 atom stereocenters. The molecule has 1 aromatic carbocycles. The molecule has 2 rings (SSSR count). The topological polar surface area (TPSA) is 21.3 Å². The van der Waals surface area contributed by atoms with Gasteiger partial charge in [0, 0.05) is 11.1 Å². The maximum atomic E-state index is 13.6. The normalized spacial score (nSPS) is 12.4. The van der Waals surface area contributed by atoms with Gasteiger partial charge in [-0.25, -0.2) is 4.39 Å². The molecule has 2 nitrogen and oxygen atoms in total. The summed E-state index contributed by atoms with van der Waals surface area (Å²) in [4.78, 5) is 0. The van der Waals surface area contributed by atoms with Gasteiger partial charge in [-0.15, -0.1) is 11.3 Å².